The van der Waals surface area contributed by atoms with Crippen LogP contribution >= 0.6 is 0 Å². The van der Waals surface area contributed by atoms with E-state index in [0.717, 1.165) is 48.7 Å². The molecule has 1 aliphatic carbocycles. The number of hydrogen-bond acceptors (Lipinski definition) is 3. The molecule has 1 aliphatic rings. The van der Waals surface area contributed by atoms with Crippen LogP contribution in [-0.2, 0) is 11.3 Å². The largest absolute Gasteiger partial charge is 0.379 e. The molecule has 0 spiro atoms. The third-order valence-corrected chi connectivity index (χ3v) is 5.06. The quantitative estimate of drug-likeness (QED) is 0.442. The van der Waals surface area contributed by atoms with Crippen molar-refractivity contribution in [2.24, 2.45) is 10.9 Å². The van der Waals surface area contributed by atoms with Crippen LogP contribution in [0, 0.1) is 19.8 Å². The van der Waals surface area contributed by atoms with Crippen LogP contribution in [0.1, 0.15) is 29.8 Å². The first-order chi connectivity index (χ1) is 13.1. The van der Waals surface area contributed by atoms with Crippen LogP contribution in [-0.4, -0.2) is 54.5 Å². The Bertz CT molecular complexity index is 764. The molecule has 0 bridgehead atoms. The van der Waals surface area contributed by atoms with E-state index in [1.54, 1.807) is 0 Å². The lowest BCUT2D eigenvalue weighted by Gasteiger charge is -2.22. The highest BCUT2D eigenvalue weighted by molar-refractivity contribution is 5.79. The highest BCUT2D eigenvalue weighted by atomic mass is 16.5. The summed E-state index contributed by atoms with van der Waals surface area (Å²) in [6, 6.07) is 10.2. The van der Waals surface area contributed by atoms with Gasteiger partial charge in [0.1, 0.15) is 0 Å². The maximum absolute atomic E-state index is 5.74. The summed E-state index contributed by atoms with van der Waals surface area (Å²) < 4.78 is 7.74. The molecule has 0 atom stereocenters. The first-order valence-corrected chi connectivity index (χ1v) is 9.70. The van der Waals surface area contributed by atoms with Gasteiger partial charge in [0.25, 0.3) is 0 Å². The summed E-state index contributed by atoms with van der Waals surface area (Å²) in [4.78, 5) is 6.51. The van der Waals surface area contributed by atoms with E-state index >= 15 is 0 Å². The summed E-state index contributed by atoms with van der Waals surface area (Å²) >= 11 is 0. The molecule has 0 radical (unpaired) electrons. The van der Waals surface area contributed by atoms with Crippen molar-refractivity contribution in [3.8, 4) is 5.69 Å². The lowest BCUT2D eigenvalue weighted by Crippen LogP contribution is -2.40. The van der Waals surface area contributed by atoms with Crippen LogP contribution in [0.5, 0.6) is 0 Å². The van der Waals surface area contributed by atoms with E-state index in [2.05, 4.69) is 41.2 Å². The first-order valence-electron chi connectivity index (χ1n) is 9.70. The van der Waals surface area contributed by atoms with Gasteiger partial charge in [0.2, 0.25) is 0 Å². The highest BCUT2D eigenvalue weighted by Gasteiger charge is 2.21. The number of ether oxygens (including phenoxy) is 1. The minimum atomic E-state index is 0.699. The Balaban J connectivity index is 1.57. The molecule has 1 fully saturated rings. The van der Waals surface area contributed by atoms with Crippen LogP contribution < -0.4 is 5.32 Å². The van der Waals surface area contributed by atoms with Crippen LogP contribution in [0.3, 0.4) is 0 Å². The van der Waals surface area contributed by atoms with Gasteiger partial charge in [-0.25, -0.2) is 4.68 Å². The molecule has 6 heteroatoms. The number of aryl methyl sites for hydroxylation is 1. The van der Waals surface area contributed by atoms with Crippen LogP contribution in [0.15, 0.2) is 35.3 Å². The Kier molecular flexibility index (Phi) is 6.50. The number of benzene rings is 1. The molecule has 1 heterocycles. The standard InChI is InChI=1S/C21H31N5O/c1-16-20(17(2)26(24-16)19-8-6-5-7-9-19)14-23-21(22-3)25(4)12-13-27-15-18-10-11-18/h5-9,18H,10-15H2,1-4H3,(H,22,23). The molecule has 146 valence electrons. The molecule has 0 aliphatic heterocycles. The fraction of sp³-hybridized carbons (Fsp3) is 0.524. The third-order valence-electron chi connectivity index (χ3n) is 5.06. The molecular weight excluding hydrogens is 338 g/mol. The topological polar surface area (TPSA) is 54.7 Å². The second kappa shape index (κ2) is 9.04. The monoisotopic (exact) mass is 369 g/mol. The average molecular weight is 370 g/mol. The zero-order valence-corrected chi connectivity index (χ0v) is 16.9. The van der Waals surface area contributed by atoms with E-state index in [-0.39, 0.29) is 0 Å². The van der Waals surface area contributed by atoms with E-state index in [1.807, 2.05) is 37.0 Å². The lowest BCUT2D eigenvalue weighted by molar-refractivity contribution is 0.115. The van der Waals surface area contributed by atoms with Gasteiger partial charge in [-0.1, -0.05) is 18.2 Å². The predicted molar refractivity (Wildman–Crippen MR) is 109 cm³/mol. The van der Waals surface area contributed by atoms with Crippen molar-refractivity contribution in [2.45, 2.75) is 33.2 Å². The molecule has 3 rings (SSSR count). The Morgan fingerprint density at radius 3 is 2.70 bits per heavy atom. The summed E-state index contributed by atoms with van der Waals surface area (Å²) in [5, 5.41) is 8.18. The van der Waals surface area contributed by atoms with Crippen molar-refractivity contribution in [2.75, 3.05) is 33.9 Å². The second-order valence-electron chi connectivity index (χ2n) is 7.24. The molecule has 2 aromatic rings. The summed E-state index contributed by atoms with van der Waals surface area (Å²) in [5.41, 5.74) is 4.48. The number of guanidine groups is 1. The number of nitrogens with one attached hydrogen (secondary N) is 1. The molecule has 6 nitrogen and oxygen atoms in total. The van der Waals surface area contributed by atoms with Crippen molar-refractivity contribution in [1.82, 2.24) is 20.0 Å². The number of likely N-dealkylation sites (N-methyl/N-ethyl adjacent to an activating group) is 1. The van der Waals surface area contributed by atoms with E-state index in [9.17, 15) is 0 Å². The van der Waals surface area contributed by atoms with Gasteiger partial charge in [0.15, 0.2) is 5.96 Å². The summed E-state index contributed by atoms with van der Waals surface area (Å²) in [6.45, 7) is 7.33. The smallest absolute Gasteiger partial charge is 0.193 e. The summed E-state index contributed by atoms with van der Waals surface area (Å²) in [6.07, 6.45) is 2.66. The maximum atomic E-state index is 5.74. The molecule has 1 aromatic carbocycles. The third kappa shape index (κ3) is 5.10. The Labute approximate surface area is 162 Å². The number of aromatic nitrogens is 2. The number of nitrogens with zero attached hydrogens (tertiary/aromatic N) is 4. The molecular formula is C21H31N5O. The molecule has 0 saturated heterocycles. The van der Waals surface area contributed by atoms with Gasteiger partial charge in [-0.05, 0) is 44.7 Å². The summed E-state index contributed by atoms with van der Waals surface area (Å²) in [7, 11) is 3.86. The molecule has 1 aromatic heterocycles. The summed E-state index contributed by atoms with van der Waals surface area (Å²) in [5.74, 6) is 1.68. The average Bonchev–Trinajstić information content (AvgIpc) is 3.46. The normalized spacial score (nSPS) is 14.4. The molecule has 0 unspecified atom stereocenters. The van der Waals surface area contributed by atoms with E-state index in [1.165, 1.54) is 18.4 Å². The Morgan fingerprint density at radius 1 is 1.30 bits per heavy atom. The van der Waals surface area contributed by atoms with Crippen molar-refractivity contribution >= 4 is 5.96 Å². The highest BCUT2D eigenvalue weighted by Crippen LogP contribution is 2.28. The van der Waals surface area contributed by atoms with Crippen molar-refractivity contribution in [3.05, 3.63) is 47.3 Å². The van der Waals surface area contributed by atoms with Gasteiger partial charge in [0.05, 0.1) is 18.0 Å². The number of rotatable bonds is 8. The van der Waals surface area contributed by atoms with E-state index < -0.39 is 0 Å². The van der Waals surface area contributed by atoms with Gasteiger partial charge in [0, 0.05) is 45.0 Å². The van der Waals surface area contributed by atoms with Crippen molar-refractivity contribution < 1.29 is 4.74 Å². The zero-order chi connectivity index (χ0) is 19.2. The molecule has 1 N–H and O–H groups in total. The molecule has 0 amide bonds. The van der Waals surface area contributed by atoms with Crippen LogP contribution in [0.25, 0.3) is 5.69 Å². The van der Waals surface area contributed by atoms with Gasteiger partial charge >= 0.3 is 0 Å². The number of aliphatic imine (C=N–C) groups is 1. The molecule has 1 saturated carbocycles. The second-order valence-corrected chi connectivity index (χ2v) is 7.24. The van der Waals surface area contributed by atoms with Crippen molar-refractivity contribution in [3.63, 3.8) is 0 Å². The Hall–Kier alpha value is -2.34. The van der Waals surface area contributed by atoms with Crippen LogP contribution in [0.4, 0.5) is 0 Å². The van der Waals surface area contributed by atoms with Crippen molar-refractivity contribution in [1.29, 1.82) is 0 Å². The van der Waals surface area contributed by atoms with Gasteiger partial charge < -0.3 is 15.0 Å². The lowest BCUT2D eigenvalue weighted by atomic mass is 10.2. The van der Waals surface area contributed by atoms with Gasteiger partial charge in [-0.2, -0.15) is 5.10 Å². The van der Waals surface area contributed by atoms with Crippen LogP contribution in [0.2, 0.25) is 0 Å². The predicted octanol–water partition coefficient (Wildman–Crippen LogP) is 2.92. The number of para-hydroxylation sites is 1. The minimum Gasteiger partial charge on any atom is -0.379 e. The van der Waals surface area contributed by atoms with Gasteiger partial charge in [-0.3, -0.25) is 4.99 Å². The fourth-order valence-electron chi connectivity index (χ4n) is 3.15. The Morgan fingerprint density at radius 2 is 2.04 bits per heavy atom. The fourth-order valence-corrected chi connectivity index (χ4v) is 3.15. The minimum absolute atomic E-state index is 0.699. The number of hydrogen-bond donors (Lipinski definition) is 1. The SMILES string of the molecule is CN=C(NCc1c(C)nn(-c2ccccc2)c1C)N(C)CCOCC1CC1. The zero-order valence-electron chi connectivity index (χ0n) is 16.9. The van der Waals surface area contributed by atoms with E-state index in [0.29, 0.717) is 6.54 Å². The maximum Gasteiger partial charge on any atom is 0.193 e. The van der Waals surface area contributed by atoms with Gasteiger partial charge in [-0.15, -0.1) is 0 Å². The van der Waals surface area contributed by atoms with E-state index in [4.69, 9.17) is 9.84 Å². The molecule has 27 heavy (non-hydrogen) atoms. The first kappa shape index (κ1) is 19.4.